The maximum atomic E-state index is 11.9. The number of rotatable bonds is 4. The molecule has 0 aromatic carbocycles. The molecule has 1 aliphatic heterocycles. The lowest BCUT2D eigenvalue weighted by atomic mass is 10.3. The molecular weight excluding hydrogens is 262 g/mol. The summed E-state index contributed by atoms with van der Waals surface area (Å²) in [7, 11) is 0. The van der Waals surface area contributed by atoms with Gasteiger partial charge < -0.3 is 19.5 Å². The van der Waals surface area contributed by atoms with Gasteiger partial charge in [-0.15, -0.1) is 5.10 Å². The van der Waals surface area contributed by atoms with E-state index in [-0.39, 0.29) is 11.8 Å². The molecule has 110 valence electrons. The molecule has 2 heterocycles. The number of carbonyl (C=O) groups excluding carboxylic acids is 2. The summed E-state index contributed by atoms with van der Waals surface area (Å²) >= 11 is 0. The third-order valence-electron chi connectivity index (χ3n) is 3.13. The van der Waals surface area contributed by atoms with E-state index in [1.165, 1.54) is 6.92 Å². The van der Waals surface area contributed by atoms with Crippen molar-refractivity contribution in [1.82, 2.24) is 20.4 Å². The van der Waals surface area contributed by atoms with Gasteiger partial charge in [0.25, 0.3) is 0 Å². The SMILES string of the molecule is CC(=O)NCCC(=O)N1CCN(c2nnc(C)o2)CC1. The molecule has 1 saturated heterocycles. The summed E-state index contributed by atoms with van der Waals surface area (Å²) in [6.07, 6.45) is 0.333. The number of hydrogen-bond acceptors (Lipinski definition) is 6. The van der Waals surface area contributed by atoms with Gasteiger partial charge in [-0.1, -0.05) is 5.10 Å². The summed E-state index contributed by atoms with van der Waals surface area (Å²) in [5, 5.41) is 10.4. The number of aryl methyl sites for hydroxylation is 1. The monoisotopic (exact) mass is 281 g/mol. The molecule has 1 aliphatic rings. The average Bonchev–Trinajstić information content (AvgIpc) is 2.85. The first kappa shape index (κ1) is 14.3. The Morgan fingerprint density at radius 2 is 1.95 bits per heavy atom. The van der Waals surface area contributed by atoms with Crippen LogP contribution in [0, 0.1) is 6.92 Å². The van der Waals surface area contributed by atoms with E-state index in [1.807, 2.05) is 4.90 Å². The molecule has 0 aliphatic carbocycles. The largest absolute Gasteiger partial charge is 0.408 e. The Labute approximate surface area is 117 Å². The molecule has 0 saturated carbocycles. The van der Waals surface area contributed by atoms with Crippen LogP contribution in [0.2, 0.25) is 0 Å². The number of hydrogen-bond donors (Lipinski definition) is 1. The van der Waals surface area contributed by atoms with Crippen LogP contribution in [0.4, 0.5) is 6.01 Å². The van der Waals surface area contributed by atoms with Crippen molar-refractivity contribution >= 4 is 17.8 Å². The van der Waals surface area contributed by atoms with E-state index < -0.39 is 0 Å². The average molecular weight is 281 g/mol. The molecule has 0 bridgehead atoms. The van der Waals surface area contributed by atoms with Gasteiger partial charge in [-0.25, -0.2) is 0 Å². The summed E-state index contributed by atoms with van der Waals surface area (Å²) in [6, 6.07) is 0.507. The number of nitrogens with zero attached hydrogens (tertiary/aromatic N) is 4. The maximum Gasteiger partial charge on any atom is 0.318 e. The zero-order valence-corrected chi connectivity index (χ0v) is 11.8. The Balaban J connectivity index is 1.76. The van der Waals surface area contributed by atoms with Gasteiger partial charge in [0.2, 0.25) is 17.7 Å². The zero-order valence-electron chi connectivity index (χ0n) is 11.8. The van der Waals surface area contributed by atoms with Crippen LogP contribution in [-0.4, -0.2) is 59.6 Å². The lowest BCUT2D eigenvalue weighted by molar-refractivity contribution is -0.131. The van der Waals surface area contributed by atoms with Gasteiger partial charge in [0.1, 0.15) is 0 Å². The molecule has 8 heteroatoms. The molecule has 0 unspecified atom stereocenters. The van der Waals surface area contributed by atoms with E-state index in [4.69, 9.17) is 4.42 Å². The third-order valence-corrected chi connectivity index (χ3v) is 3.13. The molecule has 0 atom stereocenters. The van der Waals surface area contributed by atoms with E-state index in [0.717, 1.165) is 0 Å². The Bertz CT molecular complexity index is 479. The lowest BCUT2D eigenvalue weighted by Crippen LogP contribution is -2.49. The van der Waals surface area contributed by atoms with Crippen LogP contribution in [0.25, 0.3) is 0 Å². The zero-order chi connectivity index (χ0) is 14.5. The highest BCUT2D eigenvalue weighted by atomic mass is 16.4. The van der Waals surface area contributed by atoms with Crippen LogP contribution >= 0.6 is 0 Å². The van der Waals surface area contributed by atoms with Crippen molar-refractivity contribution in [2.45, 2.75) is 20.3 Å². The van der Waals surface area contributed by atoms with E-state index in [0.29, 0.717) is 51.0 Å². The minimum atomic E-state index is -0.116. The summed E-state index contributed by atoms with van der Waals surface area (Å²) in [4.78, 5) is 26.4. The fraction of sp³-hybridized carbons (Fsp3) is 0.667. The first-order valence-corrected chi connectivity index (χ1v) is 6.63. The summed E-state index contributed by atoms with van der Waals surface area (Å²) in [6.45, 7) is 6.17. The first-order chi connectivity index (χ1) is 9.56. The minimum Gasteiger partial charge on any atom is -0.408 e. The van der Waals surface area contributed by atoms with Gasteiger partial charge >= 0.3 is 6.01 Å². The molecule has 2 amide bonds. The van der Waals surface area contributed by atoms with Crippen LogP contribution in [0.1, 0.15) is 19.2 Å². The van der Waals surface area contributed by atoms with Gasteiger partial charge in [0.05, 0.1) is 0 Å². The van der Waals surface area contributed by atoms with E-state index in [9.17, 15) is 9.59 Å². The number of carbonyl (C=O) groups is 2. The highest BCUT2D eigenvalue weighted by Gasteiger charge is 2.23. The van der Waals surface area contributed by atoms with Gasteiger partial charge in [0, 0.05) is 53.0 Å². The number of anilines is 1. The molecule has 1 aromatic rings. The van der Waals surface area contributed by atoms with Crippen LogP contribution in [0.15, 0.2) is 4.42 Å². The Morgan fingerprint density at radius 1 is 1.25 bits per heavy atom. The molecule has 8 nitrogen and oxygen atoms in total. The second kappa shape index (κ2) is 6.36. The third kappa shape index (κ3) is 3.69. The Hall–Kier alpha value is -2.12. The summed E-state index contributed by atoms with van der Waals surface area (Å²) in [5.74, 6) is 0.475. The van der Waals surface area contributed by atoms with Crippen molar-refractivity contribution in [3.05, 3.63) is 5.89 Å². The summed E-state index contributed by atoms with van der Waals surface area (Å²) < 4.78 is 5.36. The predicted molar refractivity (Wildman–Crippen MR) is 71.1 cm³/mol. The standard InChI is InChI=1S/C12H19N5O3/c1-9(18)13-4-3-11(19)16-5-7-17(8-6-16)12-15-14-10(2)20-12/h3-8H2,1-2H3,(H,13,18). The van der Waals surface area contributed by atoms with Crippen molar-refractivity contribution in [1.29, 1.82) is 0 Å². The lowest BCUT2D eigenvalue weighted by Gasteiger charge is -2.33. The number of amides is 2. The van der Waals surface area contributed by atoms with Crippen LogP contribution in [-0.2, 0) is 9.59 Å². The predicted octanol–water partition coefficient (Wildman–Crippen LogP) is -0.447. The number of aromatic nitrogens is 2. The van der Waals surface area contributed by atoms with E-state index in [1.54, 1.807) is 11.8 Å². The van der Waals surface area contributed by atoms with Gasteiger partial charge in [0.15, 0.2) is 0 Å². The van der Waals surface area contributed by atoms with Gasteiger partial charge in [-0.3, -0.25) is 9.59 Å². The number of piperazine rings is 1. The maximum absolute atomic E-state index is 11.9. The van der Waals surface area contributed by atoms with Crippen molar-refractivity contribution in [3.8, 4) is 0 Å². The fourth-order valence-electron chi connectivity index (χ4n) is 2.06. The van der Waals surface area contributed by atoms with Crippen molar-refractivity contribution in [3.63, 3.8) is 0 Å². The van der Waals surface area contributed by atoms with Gasteiger partial charge in [-0.05, 0) is 0 Å². The highest BCUT2D eigenvalue weighted by molar-refractivity contribution is 5.78. The quantitative estimate of drug-likeness (QED) is 0.804. The van der Waals surface area contributed by atoms with Crippen molar-refractivity contribution in [2.75, 3.05) is 37.6 Å². The molecule has 1 fully saturated rings. The van der Waals surface area contributed by atoms with E-state index in [2.05, 4.69) is 15.5 Å². The smallest absolute Gasteiger partial charge is 0.318 e. The first-order valence-electron chi connectivity index (χ1n) is 6.63. The molecule has 2 rings (SSSR count). The normalized spacial score (nSPS) is 15.3. The second-order valence-electron chi connectivity index (χ2n) is 4.70. The number of nitrogens with one attached hydrogen (secondary N) is 1. The Kier molecular flexibility index (Phi) is 4.54. The molecule has 0 radical (unpaired) electrons. The second-order valence-corrected chi connectivity index (χ2v) is 4.70. The van der Waals surface area contributed by atoms with Crippen LogP contribution in [0.5, 0.6) is 0 Å². The fourth-order valence-corrected chi connectivity index (χ4v) is 2.06. The Morgan fingerprint density at radius 3 is 2.50 bits per heavy atom. The molecule has 1 aromatic heterocycles. The highest BCUT2D eigenvalue weighted by Crippen LogP contribution is 2.14. The van der Waals surface area contributed by atoms with E-state index >= 15 is 0 Å². The van der Waals surface area contributed by atoms with Crippen LogP contribution < -0.4 is 10.2 Å². The minimum absolute atomic E-state index is 0.0557. The van der Waals surface area contributed by atoms with Crippen molar-refractivity contribution in [2.24, 2.45) is 0 Å². The molecule has 1 N–H and O–H groups in total. The topological polar surface area (TPSA) is 91.6 Å². The van der Waals surface area contributed by atoms with Crippen LogP contribution in [0.3, 0.4) is 0 Å². The summed E-state index contributed by atoms with van der Waals surface area (Å²) in [5.41, 5.74) is 0. The molecule has 0 spiro atoms. The molecular formula is C12H19N5O3. The van der Waals surface area contributed by atoms with Gasteiger partial charge in [-0.2, -0.15) is 0 Å². The molecule has 20 heavy (non-hydrogen) atoms. The van der Waals surface area contributed by atoms with Crippen molar-refractivity contribution < 1.29 is 14.0 Å².